The molecule has 1 aliphatic heterocycles. The van der Waals surface area contributed by atoms with Gasteiger partial charge in [-0.2, -0.15) is 0 Å². The Hall–Kier alpha value is -0.770. The third-order valence-electron chi connectivity index (χ3n) is 2.90. The molecule has 1 rings (SSSR count). The molecule has 6 atom stereocenters. The lowest BCUT2D eigenvalue weighted by molar-refractivity contribution is -0.310. The van der Waals surface area contributed by atoms with Gasteiger partial charge < -0.3 is 34.6 Å². The van der Waals surface area contributed by atoms with E-state index in [0.29, 0.717) is 0 Å². The van der Waals surface area contributed by atoms with Crippen molar-refractivity contribution in [3.8, 4) is 0 Å². The normalized spacial score (nSPS) is 36.8. The van der Waals surface area contributed by atoms with Crippen LogP contribution >= 0.6 is 0 Å². The summed E-state index contributed by atoms with van der Waals surface area (Å²) in [5, 5.41) is 37.8. The van der Waals surface area contributed by atoms with Crippen LogP contribution in [-0.4, -0.2) is 76.9 Å². The maximum atomic E-state index is 11.0. The van der Waals surface area contributed by atoms with Gasteiger partial charge in [0.25, 0.3) is 0 Å². The number of ether oxygens (including phenoxy) is 3. The van der Waals surface area contributed by atoms with Crippen molar-refractivity contribution in [1.29, 1.82) is 0 Å². The summed E-state index contributed by atoms with van der Waals surface area (Å²) in [5.41, 5.74) is 0. The number of aliphatic hydroxyl groups is 4. The van der Waals surface area contributed by atoms with Gasteiger partial charge >= 0.3 is 5.97 Å². The van der Waals surface area contributed by atoms with E-state index in [9.17, 15) is 20.1 Å². The predicted octanol–water partition coefficient (Wildman–Crippen LogP) is -2.25. The van der Waals surface area contributed by atoms with Crippen molar-refractivity contribution in [1.82, 2.24) is 0 Å². The Bertz CT molecular complexity index is 294. The molecule has 112 valence electrons. The molecule has 1 fully saturated rings. The summed E-state index contributed by atoms with van der Waals surface area (Å²) in [5.74, 6) is -0.489. The van der Waals surface area contributed by atoms with Crippen LogP contribution in [0.1, 0.15) is 13.3 Å². The molecule has 1 heterocycles. The molecule has 0 bridgehead atoms. The van der Waals surface area contributed by atoms with Gasteiger partial charge in [-0.25, -0.2) is 0 Å². The zero-order chi connectivity index (χ0) is 14.6. The first-order valence-corrected chi connectivity index (χ1v) is 5.93. The molecule has 0 radical (unpaired) electrons. The molecular weight excluding hydrogens is 260 g/mol. The fourth-order valence-corrected chi connectivity index (χ4v) is 1.77. The lowest BCUT2D eigenvalue weighted by Gasteiger charge is -2.40. The van der Waals surface area contributed by atoms with Crippen LogP contribution < -0.4 is 0 Å². The molecule has 6 unspecified atom stereocenters. The van der Waals surface area contributed by atoms with E-state index in [1.54, 1.807) is 6.92 Å². The van der Waals surface area contributed by atoms with Gasteiger partial charge in [-0.05, 0) is 6.92 Å². The SMILES string of the molecule is COC(=O)CC(C)OC1OC(CO)C(O)C(O)C1O. The summed E-state index contributed by atoms with van der Waals surface area (Å²) >= 11 is 0. The number of aliphatic hydroxyl groups excluding tert-OH is 4. The number of carbonyl (C=O) groups excluding carboxylic acids is 1. The molecule has 0 aromatic heterocycles. The molecule has 19 heavy (non-hydrogen) atoms. The van der Waals surface area contributed by atoms with Gasteiger partial charge in [-0.15, -0.1) is 0 Å². The van der Waals surface area contributed by atoms with E-state index in [4.69, 9.17) is 14.6 Å². The molecule has 0 aliphatic carbocycles. The molecule has 0 aromatic carbocycles. The summed E-state index contributed by atoms with van der Waals surface area (Å²) in [6, 6.07) is 0. The average molecular weight is 280 g/mol. The molecule has 0 amide bonds. The van der Waals surface area contributed by atoms with Crippen molar-refractivity contribution in [2.24, 2.45) is 0 Å². The van der Waals surface area contributed by atoms with Crippen molar-refractivity contribution in [3.05, 3.63) is 0 Å². The van der Waals surface area contributed by atoms with E-state index >= 15 is 0 Å². The highest BCUT2D eigenvalue weighted by atomic mass is 16.7. The standard InChI is InChI=1S/C11H20O8/c1-5(3-7(13)17-2)18-11-10(16)9(15)8(14)6(4-12)19-11/h5-6,8-12,14-16H,3-4H2,1-2H3. The van der Waals surface area contributed by atoms with Crippen molar-refractivity contribution in [2.75, 3.05) is 13.7 Å². The summed E-state index contributed by atoms with van der Waals surface area (Å²) in [4.78, 5) is 11.0. The van der Waals surface area contributed by atoms with E-state index in [1.165, 1.54) is 7.11 Å². The van der Waals surface area contributed by atoms with Crippen LogP contribution in [0.5, 0.6) is 0 Å². The number of methoxy groups -OCH3 is 1. The number of esters is 1. The molecule has 4 N–H and O–H groups in total. The third kappa shape index (κ3) is 4.10. The van der Waals surface area contributed by atoms with Crippen LogP contribution in [0, 0.1) is 0 Å². The van der Waals surface area contributed by atoms with Gasteiger partial charge in [0, 0.05) is 0 Å². The zero-order valence-electron chi connectivity index (χ0n) is 10.8. The molecule has 0 aromatic rings. The lowest BCUT2D eigenvalue weighted by Crippen LogP contribution is -2.59. The summed E-state index contributed by atoms with van der Waals surface area (Å²) in [7, 11) is 1.24. The first-order valence-electron chi connectivity index (χ1n) is 5.93. The summed E-state index contributed by atoms with van der Waals surface area (Å²) < 4.78 is 14.9. The van der Waals surface area contributed by atoms with Crippen LogP contribution in [0.25, 0.3) is 0 Å². The second-order valence-electron chi connectivity index (χ2n) is 4.42. The van der Waals surface area contributed by atoms with Crippen LogP contribution in [0.15, 0.2) is 0 Å². The van der Waals surface area contributed by atoms with Gasteiger partial charge in [-0.1, -0.05) is 0 Å². The van der Waals surface area contributed by atoms with Gasteiger partial charge in [0.15, 0.2) is 6.29 Å². The first-order chi connectivity index (χ1) is 8.90. The Labute approximate surface area is 110 Å². The Morgan fingerprint density at radius 2 is 1.89 bits per heavy atom. The highest BCUT2D eigenvalue weighted by molar-refractivity contribution is 5.69. The van der Waals surface area contributed by atoms with E-state index in [-0.39, 0.29) is 6.42 Å². The van der Waals surface area contributed by atoms with Crippen molar-refractivity contribution in [3.63, 3.8) is 0 Å². The Morgan fingerprint density at radius 1 is 1.26 bits per heavy atom. The van der Waals surface area contributed by atoms with Crippen molar-refractivity contribution in [2.45, 2.75) is 50.2 Å². The maximum Gasteiger partial charge on any atom is 0.308 e. The summed E-state index contributed by atoms with van der Waals surface area (Å²) in [6.07, 6.45) is -7.35. The van der Waals surface area contributed by atoms with E-state index in [1.807, 2.05) is 0 Å². The number of rotatable bonds is 5. The second kappa shape index (κ2) is 7.13. The highest BCUT2D eigenvalue weighted by Crippen LogP contribution is 2.23. The van der Waals surface area contributed by atoms with Gasteiger partial charge in [0.2, 0.25) is 0 Å². The van der Waals surface area contributed by atoms with E-state index < -0.39 is 49.4 Å². The zero-order valence-corrected chi connectivity index (χ0v) is 10.8. The van der Waals surface area contributed by atoms with Crippen LogP contribution in [0.3, 0.4) is 0 Å². The molecule has 0 spiro atoms. The fourth-order valence-electron chi connectivity index (χ4n) is 1.77. The van der Waals surface area contributed by atoms with E-state index in [0.717, 1.165) is 0 Å². The number of carbonyl (C=O) groups is 1. The quantitative estimate of drug-likeness (QED) is 0.416. The average Bonchev–Trinajstić information content (AvgIpc) is 2.39. The van der Waals surface area contributed by atoms with Gasteiger partial charge in [-0.3, -0.25) is 4.79 Å². The first kappa shape index (κ1) is 16.3. The minimum Gasteiger partial charge on any atom is -0.469 e. The molecule has 1 saturated heterocycles. The molecule has 8 heteroatoms. The van der Waals surface area contributed by atoms with Gasteiger partial charge in [0.05, 0.1) is 26.2 Å². The minimum atomic E-state index is -1.50. The smallest absolute Gasteiger partial charge is 0.308 e. The van der Waals surface area contributed by atoms with Crippen LogP contribution in [-0.2, 0) is 19.0 Å². The largest absolute Gasteiger partial charge is 0.469 e. The molecule has 8 nitrogen and oxygen atoms in total. The Balaban J connectivity index is 2.58. The van der Waals surface area contributed by atoms with Crippen LogP contribution in [0.2, 0.25) is 0 Å². The monoisotopic (exact) mass is 280 g/mol. The lowest BCUT2D eigenvalue weighted by atomic mass is 9.99. The molecule has 0 saturated carbocycles. The topological polar surface area (TPSA) is 126 Å². The Kier molecular flexibility index (Phi) is 6.11. The molecule has 1 aliphatic rings. The third-order valence-corrected chi connectivity index (χ3v) is 2.90. The maximum absolute atomic E-state index is 11.0. The van der Waals surface area contributed by atoms with Gasteiger partial charge in [0.1, 0.15) is 24.4 Å². The fraction of sp³-hybridized carbons (Fsp3) is 0.909. The predicted molar refractivity (Wildman–Crippen MR) is 60.9 cm³/mol. The highest BCUT2D eigenvalue weighted by Gasteiger charge is 2.44. The Morgan fingerprint density at radius 3 is 2.42 bits per heavy atom. The minimum absolute atomic E-state index is 0.0501. The van der Waals surface area contributed by atoms with Crippen molar-refractivity contribution < 1.29 is 39.4 Å². The molecular formula is C11H20O8. The van der Waals surface area contributed by atoms with E-state index in [2.05, 4.69) is 4.74 Å². The number of hydrogen-bond donors (Lipinski definition) is 4. The van der Waals surface area contributed by atoms with Crippen LogP contribution in [0.4, 0.5) is 0 Å². The number of hydrogen-bond acceptors (Lipinski definition) is 8. The second-order valence-corrected chi connectivity index (χ2v) is 4.42. The summed E-state index contributed by atoms with van der Waals surface area (Å²) in [6.45, 7) is 1.04. The van der Waals surface area contributed by atoms with Crippen molar-refractivity contribution >= 4 is 5.97 Å².